The number of amides is 2. The molecular formula is C23H36N2O4. The minimum absolute atomic E-state index is 0.00298. The van der Waals surface area contributed by atoms with E-state index < -0.39 is 0 Å². The van der Waals surface area contributed by atoms with Crippen LogP contribution in [-0.2, 0) is 20.9 Å². The lowest BCUT2D eigenvalue weighted by molar-refractivity contribution is -0.143. The van der Waals surface area contributed by atoms with Gasteiger partial charge in [-0.1, -0.05) is 25.7 Å². The van der Waals surface area contributed by atoms with Crippen LogP contribution in [0.2, 0.25) is 0 Å². The van der Waals surface area contributed by atoms with Gasteiger partial charge in [-0.15, -0.1) is 0 Å². The average molecular weight is 405 g/mol. The Bertz CT molecular complexity index is 631. The molecule has 2 aliphatic rings. The van der Waals surface area contributed by atoms with Crippen LogP contribution < -0.4 is 0 Å². The summed E-state index contributed by atoms with van der Waals surface area (Å²) < 4.78 is 11.2. The Morgan fingerprint density at radius 3 is 2.55 bits per heavy atom. The summed E-state index contributed by atoms with van der Waals surface area (Å²) in [6.07, 6.45) is 10.2. The number of hydrogen-bond acceptors (Lipinski definition) is 4. The Labute approximate surface area is 174 Å². The van der Waals surface area contributed by atoms with Gasteiger partial charge in [-0.3, -0.25) is 9.59 Å². The lowest BCUT2D eigenvalue weighted by Crippen LogP contribution is -2.47. The van der Waals surface area contributed by atoms with E-state index in [1.165, 1.54) is 25.7 Å². The van der Waals surface area contributed by atoms with Crippen molar-refractivity contribution in [1.29, 1.82) is 0 Å². The number of rotatable bonds is 10. The van der Waals surface area contributed by atoms with E-state index >= 15 is 0 Å². The fraction of sp³-hybridized carbons (Fsp3) is 0.739. The minimum Gasteiger partial charge on any atom is -0.467 e. The fourth-order valence-corrected chi connectivity index (χ4v) is 4.45. The van der Waals surface area contributed by atoms with Crippen LogP contribution in [0.3, 0.4) is 0 Å². The highest BCUT2D eigenvalue weighted by Gasteiger charge is 2.28. The van der Waals surface area contributed by atoms with Crippen LogP contribution in [0.1, 0.15) is 71.0 Å². The third-order valence-electron chi connectivity index (χ3n) is 6.22. The molecule has 1 aliphatic carbocycles. The summed E-state index contributed by atoms with van der Waals surface area (Å²) in [7, 11) is 0. The van der Waals surface area contributed by atoms with Crippen molar-refractivity contribution < 1.29 is 18.7 Å². The highest BCUT2D eigenvalue weighted by atomic mass is 16.5. The number of nitrogens with zero attached hydrogens (tertiary/aromatic N) is 2. The second-order valence-corrected chi connectivity index (χ2v) is 8.79. The Morgan fingerprint density at radius 2 is 1.93 bits per heavy atom. The van der Waals surface area contributed by atoms with Crippen molar-refractivity contribution in [2.75, 3.05) is 19.7 Å². The standard InChI is InChI=1S/C23H36N2O4/c1-18(2)25(22(26)12-11-19-7-3-4-8-19)17-23(27)24(15-20-9-5-13-28-20)16-21-10-6-14-29-21/h5,9,13,18-19,21H,3-4,6-8,10-12,14-17H2,1-2H3/t21-/m0/s1. The topological polar surface area (TPSA) is 63.0 Å². The van der Waals surface area contributed by atoms with E-state index in [4.69, 9.17) is 9.15 Å². The smallest absolute Gasteiger partial charge is 0.242 e. The molecule has 0 bridgehead atoms. The van der Waals surface area contributed by atoms with Gasteiger partial charge in [0.15, 0.2) is 0 Å². The summed E-state index contributed by atoms with van der Waals surface area (Å²) in [4.78, 5) is 29.6. The summed E-state index contributed by atoms with van der Waals surface area (Å²) in [5.74, 6) is 1.48. The second-order valence-electron chi connectivity index (χ2n) is 8.79. The van der Waals surface area contributed by atoms with Crippen molar-refractivity contribution >= 4 is 11.8 Å². The molecule has 2 amide bonds. The maximum Gasteiger partial charge on any atom is 0.242 e. The van der Waals surface area contributed by atoms with Crippen LogP contribution in [-0.4, -0.2) is 53.5 Å². The van der Waals surface area contributed by atoms with E-state index in [-0.39, 0.29) is 30.5 Å². The summed E-state index contributed by atoms with van der Waals surface area (Å²) in [6, 6.07) is 3.71. The molecule has 1 aromatic heterocycles. The van der Waals surface area contributed by atoms with E-state index in [0.29, 0.717) is 25.4 Å². The maximum absolute atomic E-state index is 13.2. The average Bonchev–Trinajstić information content (AvgIpc) is 3.47. The molecule has 6 nitrogen and oxygen atoms in total. The molecule has 2 fully saturated rings. The summed E-state index contributed by atoms with van der Waals surface area (Å²) >= 11 is 0. The first-order chi connectivity index (χ1) is 14.0. The first kappa shape index (κ1) is 21.9. The molecule has 1 aliphatic heterocycles. The molecule has 2 heterocycles. The Morgan fingerprint density at radius 1 is 1.14 bits per heavy atom. The highest BCUT2D eigenvalue weighted by Crippen LogP contribution is 2.28. The SMILES string of the molecule is CC(C)N(CC(=O)N(Cc1ccco1)C[C@@H]1CCCO1)C(=O)CCC1CCCC1. The highest BCUT2D eigenvalue weighted by molar-refractivity contribution is 5.85. The van der Waals surface area contributed by atoms with Crippen LogP contribution >= 0.6 is 0 Å². The predicted molar refractivity (Wildman–Crippen MR) is 111 cm³/mol. The molecule has 0 radical (unpaired) electrons. The van der Waals surface area contributed by atoms with Gasteiger partial charge >= 0.3 is 0 Å². The largest absolute Gasteiger partial charge is 0.467 e. The number of furan rings is 1. The number of hydrogen-bond donors (Lipinski definition) is 0. The monoisotopic (exact) mass is 404 g/mol. The zero-order chi connectivity index (χ0) is 20.6. The Kier molecular flexibility index (Phi) is 8.16. The second kappa shape index (κ2) is 10.8. The van der Waals surface area contributed by atoms with Crippen LogP contribution in [0.5, 0.6) is 0 Å². The van der Waals surface area contributed by atoms with Gasteiger partial charge in [0, 0.05) is 25.6 Å². The first-order valence-electron chi connectivity index (χ1n) is 11.2. The lowest BCUT2D eigenvalue weighted by Gasteiger charge is -2.31. The molecular weight excluding hydrogens is 368 g/mol. The van der Waals surface area contributed by atoms with Crippen molar-refractivity contribution in [2.24, 2.45) is 5.92 Å². The molecule has 0 unspecified atom stereocenters. The van der Waals surface area contributed by atoms with Gasteiger partial charge in [0.25, 0.3) is 0 Å². The molecule has 0 N–H and O–H groups in total. The van der Waals surface area contributed by atoms with Gasteiger partial charge in [-0.25, -0.2) is 0 Å². The first-order valence-corrected chi connectivity index (χ1v) is 11.2. The van der Waals surface area contributed by atoms with Crippen LogP contribution in [0.15, 0.2) is 22.8 Å². The predicted octanol–water partition coefficient (Wildman–Crippen LogP) is 3.99. The van der Waals surface area contributed by atoms with Crippen molar-refractivity contribution in [3.63, 3.8) is 0 Å². The van der Waals surface area contributed by atoms with Gasteiger partial charge in [0.2, 0.25) is 11.8 Å². The normalized spacial score (nSPS) is 19.8. The quantitative estimate of drug-likeness (QED) is 0.591. The Hall–Kier alpha value is -1.82. The van der Waals surface area contributed by atoms with Gasteiger partial charge in [0.1, 0.15) is 5.76 Å². The van der Waals surface area contributed by atoms with Crippen LogP contribution in [0.4, 0.5) is 0 Å². The zero-order valence-electron chi connectivity index (χ0n) is 18.0. The number of ether oxygens (including phenoxy) is 1. The van der Waals surface area contributed by atoms with Gasteiger partial charge < -0.3 is 19.0 Å². The summed E-state index contributed by atoms with van der Waals surface area (Å²) in [5.41, 5.74) is 0. The molecule has 1 saturated carbocycles. The molecule has 162 valence electrons. The van der Waals surface area contributed by atoms with E-state index in [2.05, 4.69) is 0 Å². The zero-order valence-corrected chi connectivity index (χ0v) is 18.0. The molecule has 1 aromatic rings. The van der Waals surface area contributed by atoms with E-state index in [9.17, 15) is 9.59 Å². The minimum atomic E-state index is -0.0418. The molecule has 1 saturated heterocycles. The van der Waals surface area contributed by atoms with E-state index in [1.54, 1.807) is 16.1 Å². The van der Waals surface area contributed by atoms with Crippen LogP contribution in [0, 0.1) is 5.92 Å². The van der Waals surface area contributed by atoms with Crippen molar-refractivity contribution in [3.8, 4) is 0 Å². The molecule has 0 aromatic carbocycles. The lowest BCUT2D eigenvalue weighted by atomic mass is 10.0. The number of carbonyl (C=O) groups excluding carboxylic acids is 2. The maximum atomic E-state index is 13.2. The molecule has 3 rings (SSSR count). The van der Waals surface area contributed by atoms with Crippen LogP contribution in [0.25, 0.3) is 0 Å². The Balaban J connectivity index is 1.59. The third-order valence-corrected chi connectivity index (χ3v) is 6.22. The molecule has 1 atom stereocenters. The van der Waals surface area contributed by atoms with E-state index in [0.717, 1.165) is 31.6 Å². The fourth-order valence-electron chi connectivity index (χ4n) is 4.45. The van der Waals surface area contributed by atoms with Gasteiger partial charge in [-0.2, -0.15) is 0 Å². The van der Waals surface area contributed by atoms with Crippen molar-refractivity contribution in [2.45, 2.75) is 83.9 Å². The van der Waals surface area contributed by atoms with Crippen molar-refractivity contribution in [1.82, 2.24) is 9.80 Å². The molecule has 29 heavy (non-hydrogen) atoms. The molecule has 6 heteroatoms. The van der Waals surface area contributed by atoms with Gasteiger partial charge in [-0.05, 0) is 51.2 Å². The van der Waals surface area contributed by atoms with E-state index in [1.807, 2.05) is 26.0 Å². The molecule has 0 spiro atoms. The summed E-state index contributed by atoms with van der Waals surface area (Å²) in [5, 5.41) is 0. The summed E-state index contributed by atoms with van der Waals surface area (Å²) in [6.45, 7) is 5.80. The van der Waals surface area contributed by atoms with Crippen molar-refractivity contribution in [3.05, 3.63) is 24.2 Å². The number of carbonyl (C=O) groups is 2. The third kappa shape index (κ3) is 6.59. The van der Waals surface area contributed by atoms with Gasteiger partial charge in [0.05, 0.1) is 25.5 Å².